The topological polar surface area (TPSA) is 39.2 Å². The molecule has 0 amide bonds. The zero-order valence-electron chi connectivity index (χ0n) is 6.64. The van der Waals surface area contributed by atoms with Gasteiger partial charge in [-0.2, -0.15) is 0 Å². The molecule has 1 rings (SSSR count). The third kappa shape index (κ3) is 1.21. The van der Waals surface area contributed by atoms with Crippen LogP contribution in [0.2, 0.25) is 0 Å². The normalized spacial score (nSPS) is 13.6. The summed E-state index contributed by atoms with van der Waals surface area (Å²) in [7, 11) is 0. The van der Waals surface area contributed by atoms with E-state index in [9.17, 15) is 0 Å². The van der Waals surface area contributed by atoms with Crippen LogP contribution >= 0.6 is 0 Å². The van der Waals surface area contributed by atoms with E-state index in [-0.39, 0.29) is 6.04 Å². The van der Waals surface area contributed by atoms with E-state index in [1.807, 2.05) is 26.8 Å². The van der Waals surface area contributed by atoms with E-state index < -0.39 is 0 Å². The van der Waals surface area contributed by atoms with E-state index >= 15 is 0 Å². The van der Waals surface area contributed by atoms with Crippen LogP contribution in [0.1, 0.15) is 30.0 Å². The standard InChI is InChI=1S/C8H13NO/c1-5-4-8(6(2)9)10-7(5)3/h4,6H,9H2,1-3H3. The average Bonchev–Trinajstić information content (AvgIpc) is 2.13. The first-order valence-corrected chi connectivity index (χ1v) is 3.43. The summed E-state index contributed by atoms with van der Waals surface area (Å²) in [6.07, 6.45) is 0. The second-order valence-corrected chi connectivity index (χ2v) is 2.68. The molecule has 0 saturated heterocycles. The molecule has 0 saturated carbocycles. The van der Waals surface area contributed by atoms with Crippen LogP contribution in [0.15, 0.2) is 10.5 Å². The van der Waals surface area contributed by atoms with Gasteiger partial charge in [0.2, 0.25) is 0 Å². The molecular formula is C8H13NO. The zero-order chi connectivity index (χ0) is 7.72. The van der Waals surface area contributed by atoms with E-state index in [1.165, 1.54) is 5.56 Å². The van der Waals surface area contributed by atoms with Gasteiger partial charge in [-0.15, -0.1) is 0 Å². The van der Waals surface area contributed by atoms with Crippen molar-refractivity contribution in [1.29, 1.82) is 0 Å². The first kappa shape index (κ1) is 7.35. The van der Waals surface area contributed by atoms with Gasteiger partial charge >= 0.3 is 0 Å². The molecule has 0 aliphatic heterocycles. The predicted molar refractivity (Wildman–Crippen MR) is 40.8 cm³/mol. The Kier molecular flexibility index (Phi) is 1.81. The van der Waals surface area contributed by atoms with Gasteiger partial charge in [-0.1, -0.05) is 0 Å². The van der Waals surface area contributed by atoms with Crippen LogP contribution in [0.3, 0.4) is 0 Å². The lowest BCUT2D eigenvalue weighted by Gasteiger charge is -1.96. The predicted octanol–water partition coefficient (Wildman–Crippen LogP) is 1.92. The molecule has 0 bridgehead atoms. The monoisotopic (exact) mass is 139 g/mol. The SMILES string of the molecule is Cc1cc(C(C)N)oc1C. The molecule has 2 N–H and O–H groups in total. The Hall–Kier alpha value is -0.760. The smallest absolute Gasteiger partial charge is 0.120 e. The van der Waals surface area contributed by atoms with Crippen molar-refractivity contribution < 1.29 is 4.42 Å². The number of hydrogen-bond acceptors (Lipinski definition) is 2. The van der Waals surface area contributed by atoms with Gasteiger partial charge in [0.1, 0.15) is 11.5 Å². The van der Waals surface area contributed by atoms with Crippen molar-refractivity contribution in [2.75, 3.05) is 0 Å². The van der Waals surface area contributed by atoms with Crippen molar-refractivity contribution in [2.45, 2.75) is 26.8 Å². The fourth-order valence-corrected chi connectivity index (χ4v) is 0.826. The van der Waals surface area contributed by atoms with E-state index in [2.05, 4.69) is 0 Å². The first-order valence-electron chi connectivity index (χ1n) is 3.43. The molecule has 0 aromatic carbocycles. The number of aryl methyl sites for hydroxylation is 2. The van der Waals surface area contributed by atoms with Crippen LogP contribution in [-0.4, -0.2) is 0 Å². The lowest BCUT2D eigenvalue weighted by atomic mass is 10.2. The van der Waals surface area contributed by atoms with Crippen molar-refractivity contribution in [3.8, 4) is 0 Å². The van der Waals surface area contributed by atoms with Crippen LogP contribution in [0, 0.1) is 13.8 Å². The summed E-state index contributed by atoms with van der Waals surface area (Å²) in [5.74, 6) is 1.84. The Morgan fingerprint density at radius 1 is 1.50 bits per heavy atom. The molecule has 0 fully saturated rings. The highest BCUT2D eigenvalue weighted by Gasteiger charge is 2.05. The van der Waals surface area contributed by atoms with Gasteiger partial charge in [0.25, 0.3) is 0 Å². The quantitative estimate of drug-likeness (QED) is 0.645. The van der Waals surface area contributed by atoms with Crippen molar-refractivity contribution in [3.05, 3.63) is 23.2 Å². The molecule has 0 spiro atoms. The van der Waals surface area contributed by atoms with Crippen LogP contribution in [-0.2, 0) is 0 Å². The summed E-state index contributed by atoms with van der Waals surface area (Å²) in [6.45, 7) is 5.88. The lowest BCUT2D eigenvalue weighted by Crippen LogP contribution is -2.02. The summed E-state index contributed by atoms with van der Waals surface area (Å²) in [5, 5.41) is 0. The molecular weight excluding hydrogens is 126 g/mol. The molecule has 1 aromatic rings. The minimum Gasteiger partial charge on any atom is -0.464 e. The summed E-state index contributed by atoms with van der Waals surface area (Å²) in [5.41, 5.74) is 6.78. The van der Waals surface area contributed by atoms with Crippen LogP contribution in [0.4, 0.5) is 0 Å². The highest BCUT2D eigenvalue weighted by molar-refractivity contribution is 5.20. The van der Waals surface area contributed by atoms with Crippen molar-refractivity contribution >= 4 is 0 Å². The Bertz CT molecular complexity index is 206. The van der Waals surface area contributed by atoms with Gasteiger partial charge in [0, 0.05) is 0 Å². The third-order valence-electron chi connectivity index (χ3n) is 1.63. The van der Waals surface area contributed by atoms with Gasteiger partial charge in [0.15, 0.2) is 0 Å². The maximum Gasteiger partial charge on any atom is 0.120 e. The Balaban J connectivity index is 2.98. The second-order valence-electron chi connectivity index (χ2n) is 2.68. The fourth-order valence-electron chi connectivity index (χ4n) is 0.826. The molecule has 1 heterocycles. The maximum atomic E-state index is 5.60. The molecule has 0 radical (unpaired) electrons. The lowest BCUT2D eigenvalue weighted by molar-refractivity contribution is 0.456. The fraction of sp³-hybridized carbons (Fsp3) is 0.500. The largest absolute Gasteiger partial charge is 0.464 e. The van der Waals surface area contributed by atoms with Gasteiger partial charge in [-0.3, -0.25) is 0 Å². The average molecular weight is 139 g/mol. The summed E-state index contributed by atoms with van der Waals surface area (Å²) < 4.78 is 5.35. The maximum absolute atomic E-state index is 5.60. The number of rotatable bonds is 1. The highest BCUT2D eigenvalue weighted by Crippen LogP contribution is 2.17. The van der Waals surface area contributed by atoms with Crippen LogP contribution in [0.25, 0.3) is 0 Å². The van der Waals surface area contributed by atoms with Crippen LogP contribution < -0.4 is 5.73 Å². The first-order chi connectivity index (χ1) is 4.61. The summed E-state index contributed by atoms with van der Waals surface area (Å²) in [6, 6.07) is 1.99. The number of nitrogens with two attached hydrogens (primary N) is 1. The minimum absolute atomic E-state index is 0.00685. The highest BCUT2D eigenvalue weighted by atomic mass is 16.3. The van der Waals surface area contributed by atoms with Gasteiger partial charge < -0.3 is 10.2 Å². The third-order valence-corrected chi connectivity index (χ3v) is 1.63. The van der Waals surface area contributed by atoms with Crippen LogP contribution in [0.5, 0.6) is 0 Å². The number of hydrogen-bond donors (Lipinski definition) is 1. The summed E-state index contributed by atoms with van der Waals surface area (Å²) >= 11 is 0. The molecule has 2 nitrogen and oxygen atoms in total. The minimum atomic E-state index is 0.00685. The van der Waals surface area contributed by atoms with E-state index in [0.717, 1.165) is 11.5 Å². The van der Waals surface area contributed by atoms with Gasteiger partial charge in [-0.05, 0) is 32.4 Å². The van der Waals surface area contributed by atoms with Crippen molar-refractivity contribution in [3.63, 3.8) is 0 Å². The number of furan rings is 1. The molecule has 10 heavy (non-hydrogen) atoms. The molecule has 1 aromatic heterocycles. The van der Waals surface area contributed by atoms with E-state index in [0.29, 0.717) is 0 Å². The zero-order valence-corrected chi connectivity index (χ0v) is 6.64. The van der Waals surface area contributed by atoms with Crippen molar-refractivity contribution in [1.82, 2.24) is 0 Å². The molecule has 0 aliphatic rings. The Labute approximate surface area is 61.0 Å². The second kappa shape index (κ2) is 2.46. The molecule has 0 aliphatic carbocycles. The van der Waals surface area contributed by atoms with E-state index in [1.54, 1.807) is 0 Å². The molecule has 1 unspecified atom stereocenters. The van der Waals surface area contributed by atoms with E-state index in [4.69, 9.17) is 10.2 Å². The Morgan fingerprint density at radius 3 is 2.30 bits per heavy atom. The molecule has 56 valence electrons. The molecule has 2 heteroatoms. The van der Waals surface area contributed by atoms with Gasteiger partial charge in [-0.25, -0.2) is 0 Å². The van der Waals surface area contributed by atoms with Crippen molar-refractivity contribution in [2.24, 2.45) is 5.73 Å². The van der Waals surface area contributed by atoms with Gasteiger partial charge in [0.05, 0.1) is 6.04 Å². The molecule has 1 atom stereocenters. The Morgan fingerprint density at radius 2 is 2.10 bits per heavy atom. The summed E-state index contributed by atoms with van der Waals surface area (Å²) in [4.78, 5) is 0.